The lowest BCUT2D eigenvalue weighted by Crippen LogP contribution is -2.00. The van der Waals surface area contributed by atoms with Crippen LogP contribution in [0.1, 0.15) is 5.56 Å². The Balaban J connectivity index is 1.11. The molecular formula is C46H31N3O. The van der Waals surface area contributed by atoms with E-state index in [1.807, 2.05) is 54.6 Å². The first-order chi connectivity index (χ1) is 24.7. The third-order valence-corrected chi connectivity index (χ3v) is 9.23. The average Bonchev–Trinajstić information content (AvgIpc) is 3.57. The third-order valence-electron chi connectivity index (χ3n) is 9.23. The van der Waals surface area contributed by atoms with Crippen LogP contribution in [0.5, 0.6) is 0 Å². The maximum Gasteiger partial charge on any atom is 0.164 e. The van der Waals surface area contributed by atoms with E-state index < -0.39 is 0 Å². The van der Waals surface area contributed by atoms with Gasteiger partial charge in [-0.15, -0.1) is 0 Å². The number of nitrogens with zero attached hydrogens (tertiary/aromatic N) is 3. The quantitative estimate of drug-likeness (QED) is 0.181. The van der Waals surface area contributed by atoms with Crippen molar-refractivity contribution < 1.29 is 4.42 Å². The van der Waals surface area contributed by atoms with Gasteiger partial charge in [-0.05, 0) is 64.6 Å². The molecule has 0 saturated carbocycles. The Kier molecular flexibility index (Phi) is 7.33. The first-order valence-electron chi connectivity index (χ1n) is 16.8. The largest absolute Gasteiger partial charge is 0.456 e. The second kappa shape index (κ2) is 12.4. The number of benzene rings is 7. The predicted octanol–water partition coefficient (Wildman–Crippen LogP) is 12.1. The molecule has 0 saturated heterocycles. The van der Waals surface area contributed by atoms with E-state index in [0.717, 1.165) is 60.9 Å². The fourth-order valence-corrected chi connectivity index (χ4v) is 6.61. The van der Waals surface area contributed by atoms with Gasteiger partial charge in [0, 0.05) is 27.5 Å². The van der Waals surface area contributed by atoms with Gasteiger partial charge >= 0.3 is 0 Å². The Labute approximate surface area is 290 Å². The SMILES string of the molecule is Cc1ccc(-c2cccc(-c3ccc(-c4nc(-c5ccccc5)nc(-c5ccc6c(c5)oc5cccc(-c7ccccc7)c56)n4)cc3)c2)cc1. The molecule has 0 radical (unpaired) electrons. The zero-order valence-electron chi connectivity index (χ0n) is 27.4. The smallest absolute Gasteiger partial charge is 0.164 e. The third kappa shape index (κ3) is 5.53. The molecule has 0 bridgehead atoms. The minimum Gasteiger partial charge on any atom is -0.456 e. The van der Waals surface area contributed by atoms with Gasteiger partial charge < -0.3 is 4.42 Å². The molecule has 0 amide bonds. The summed E-state index contributed by atoms with van der Waals surface area (Å²) >= 11 is 0. The van der Waals surface area contributed by atoms with Crippen LogP contribution >= 0.6 is 0 Å². The molecule has 0 aliphatic carbocycles. The van der Waals surface area contributed by atoms with Gasteiger partial charge in [0.25, 0.3) is 0 Å². The molecule has 2 heterocycles. The lowest BCUT2D eigenvalue weighted by atomic mass is 9.98. The Morgan fingerprint density at radius 2 is 0.860 bits per heavy atom. The van der Waals surface area contributed by atoms with E-state index >= 15 is 0 Å². The molecular weight excluding hydrogens is 611 g/mol. The molecule has 0 aliphatic heterocycles. The van der Waals surface area contributed by atoms with Gasteiger partial charge in [0.15, 0.2) is 17.5 Å². The van der Waals surface area contributed by atoms with Crippen molar-refractivity contribution in [3.8, 4) is 67.5 Å². The standard InChI is InChI=1S/C46H31N3O/c1-30-18-20-31(21-19-30)36-14-8-15-37(28-36)32-22-24-35(25-23-32)45-47-44(34-12-6-3-7-13-34)48-46(49-45)38-26-27-40-42(29-38)50-41-17-9-16-39(43(40)41)33-10-4-2-5-11-33/h2-29H,1H3. The first-order valence-corrected chi connectivity index (χ1v) is 16.8. The van der Waals surface area contributed by atoms with E-state index in [9.17, 15) is 0 Å². The van der Waals surface area contributed by atoms with E-state index in [0.29, 0.717) is 17.5 Å². The highest BCUT2D eigenvalue weighted by atomic mass is 16.3. The van der Waals surface area contributed by atoms with E-state index in [1.165, 1.54) is 16.7 Å². The number of furan rings is 1. The van der Waals surface area contributed by atoms with Crippen LogP contribution in [0.2, 0.25) is 0 Å². The molecule has 9 rings (SSSR count). The van der Waals surface area contributed by atoms with Gasteiger partial charge in [-0.1, -0.05) is 151 Å². The molecule has 0 aliphatic rings. The summed E-state index contributed by atoms with van der Waals surface area (Å²) in [5.41, 5.74) is 12.6. The summed E-state index contributed by atoms with van der Waals surface area (Å²) in [6.45, 7) is 2.11. The van der Waals surface area contributed by atoms with Crippen LogP contribution in [0.25, 0.3) is 89.5 Å². The summed E-state index contributed by atoms with van der Waals surface area (Å²) < 4.78 is 6.43. The summed E-state index contributed by atoms with van der Waals surface area (Å²) in [7, 11) is 0. The molecule has 7 aromatic carbocycles. The molecule has 9 aromatic rings. The maximum absolute atomic E-state index is 6.43. The summed E-state index contributed by atoms with van der Waals surface area (Å²) in [6.07, 6.45) is 0. The van der Waals surface area contributed by atoms with Crippen LogP contribution in [0.3, 0.4) is 0 Å². The highest BCUT2D eigenvalue weighted by Gasteiger charge is 2.17. The Hall–Kier alpha value is -6.65. The van der Waals surface area contributed by atoms with Crippen molar-refractivity contribution in [2.24, 2.45) is 0 Å². The number of hydrogen-bond acceptors (Lipinski definition) is 4. The molecule has 2 aromatic heterocycles. The Bertz CT molecular complexity index is 2630. The minimum absolute atomic E-state index is 0.592. The van der Waals surface area contributed by atoms with Crippen LogP contribution in [0.4, 0.5) is 0 Å². The highest BCUT2D eigenvalue weighted by molar-refractivity contribution is 6.13. The van der Waals surface area contributed by atoms with Gasteiger partial charge in [0.1, 0.15) is 11.2 Å². The van der Waals surface area contributed by atoms with Crippen molar-refractivity contribution >= 4 is 21.9 Å². The molecule has 0 N–H and O–H groups in total. The van der Waals surface area contributed by atoms with Crippen molar-refractivity contribution in [3.63, 3.8) is 0 Å². The number of rotatable bonds is 6. The molecule has 236 valence electrons. The van der Waals surface area contributed by atoms with Crippen molar-refractivity contribution in [1.29, 1.82) is 0 Å². The van der Waals surface area contributed by atoms with Crippen molar-refractivity contribution in [1.82, 2.24) is 15.0 Å². The van der Waals surface area contributed by atoms with E-state index in [2.05, 4.69) is 122 Å². The molecule has 50 heavy (non-hydrogen) atoms. The molecule has 0 unspecified atom stereocenters. The summed E-state index contributed by atoms with van der Waals surface area (Å²) in [4.78, 5) is 15.0. The first kappa shape index (κ1) is 29.5. The lowest BCUT2D eigenvalue weighted by molar-refractivity contribution is 0.669. The van der Waals surface area contributed by atoms with Gasteiger partial charge in [-0.25, -0.2) is 15.0 Å². The summed E-state index contributed by atoms with van der Waals surface area (Å²) in [5.74, 6) is 1.83. The fourth-order valence-electron chi connectivity index (χ4n) is 6.61. The van der Waals surface area contributed by atoms with Crippen LogP contribution < -0.4 is 0 Å². The number of aromatic nitrogens is 3. The monoisotopic (exact) mass is 641 g/mol. The fraction of sp³-hybridized carbons (Fsp3) is 0.0217. The topological polar surface area (TPSA) is 51.8 Å². The second-order valence-corrected chi connectivity index (χ2v) is 12.6. The van der Waals surface area contributed by atoms with Crippen LogP contribution in [0.15, 0.2) is 174 Å². The van der Waals surface area contributed by atoms with Crippen LogP contribution in [-0.2, 0) is 0 Å². The van der Waals surface area contributed by atoms with Crippen molar-refractivity contribution in [3.05, 3.63) is 175 Å². The molecule has 0 spiro atoms. The zero-order chi connectivity index (χ0) is 33.4. The van der Waals surface area contributed by atoms with Crippen molar-refractivity contribution in [2.75, 3.05) is 0 Å². The Morgan fingerprint density at radius 1 is 0.360 bits per heavy atom. The highest BCUT2D eigenvalue weighted by Crippen LogP contribution is 2.38. The predicted molar refractivity (Wildman–Crippen MR) is 204 cm³/mol. The van der Waals surface area contributed by atoms with Gasteiger partial charge in [-0.3, -0.25) is 0 Å². The zero-order valence-corrected chi connectivity index (χ0v) is 27.4. The van der Waals surface area contributed by atoms with E-state index in [-0.39, 0.29) is 0 Å². The van der Waals surface area contributed by atoms with E-state index in [1.54, 1.807) is 0 Å². The second-order valence-electron chi connectivity index (χ2n) is 12.6. The van der Waals surface area contributed by atoms with Crippen molar-refractivity contribution in [2.45, 2.75) is 6.92 Å². The summed E-state index contributed by atoms with van der Waals surface area (Å²) in [6, 6.07) is 58.7. The average molecular weight is 642 g/mol. The van der Waals surface area contributed by atoms with Gasteiger partial charge in [0.05, 0.1) is 0 Å². The molecule has 4 heteroatoms. The van der Waals surface area contributed by atoms with Crippen LogP contribution in [0, 0.1) is 6.92 Å². The minimum atomic E-state index is 0.592. The number of aryl methyl sites for hydroxylation is 1. The Morgan fingerprint density at radius 3 is 1.52 bits per heavy atom. The lowest BCUT2D eigenvalue weighted by Gasteiger charge is -2.10. The molecule has 4 nitrogen and oxygen atoms in total. The summed E-state index contributed by atoms with van der Waals surface area (Å²) in [5, 5.41) is 2.16. The molecule has 0 atom stereocenters. The normalized spacial score (nSPS) is 11.3. The number of fused-ring (bicyclic) bond motifs is 3. The van der Waals surface area contributed by atoms with E-state index in [4.69, 9.17) is 19.4 Å². The van der Waals surface area contributed by atoms with Gasteiger partial charge in [0.2, 0.25) is 0 Å². The van der Waals surface area contributed by atoms with Crippen LogP contribution in [-0.4, -0.2) is 15.0 Å². The number of hydrogen-bond donors (Lipinski definition) is 0. The molecule has 0 fully saturated rings. The maximum atomic E-state index is 6.43. The van der Waals surface area contributed by atoms with Gasteiger partial charge in [-0.2, -0.15) is 0 Å².